The minimum atomic E-state index is -0.638. The van der Waals surface area contributed by atoms with Gasteiger partial charge < -0.3 is 9.30 Å². The number of esters is 1. The minimum Gasteiger partial charge on any atom is -0.465 e. The molecule has 0 amide bonds. The number of hydrogen-bond donors (Lipinski definition) is 0. The number of aromatic nitrogens is 2. The first-order valence-electron chi connectivity index (χ1n) is 9.83. The summed E-state index contributed by atoms with van der Waals surface area (Å²) >= 11 is 3.27. The van der Waals surface area contributed by atoms with Crippen LogP contribution in [-0.2, 0) is 15.1 Å². The molecule has 0 bridgehead atoms. The maximum atomic E-state index is 11.8. The molecule has 0 saturated carbocycles. The second-order valence-corrected chi connectivity index (χ2v) is 7.85. The van der Waals surface area contributed by atoms with Crippen molar-refractivity contribution in [2.75, 3.05) is 7.11 Å². The van der Waals surface area contributed by atoms with Gasteiger partial charge in [-0.2, -0.15) is 0 Å². The Kier molecular flexibility index (Phi) is 6.14. The fourth-order valence-electron chi connectivity index (χ4n) is 3.87. The molecule has 0 unspecified atom stereocenters. The Morgan fingerprint density at radius 2 is 1.32 bits per heavy atom. The highest BCUT2D eigenvalue weighted by Gasteiger charge is 2.38. The molecule has 5 heteroatoms. The van der Waals surface area contributed by atoms with E-state index >= 15 is 0 Å². The number of halogens is 1. The number of benzene rings is 3. The Morgan fingerprint density at radius 1 is 0.871 bits per heavy atom. The molecule has 154 valence electrons. The minimum absolute atomic E-state index is 0.310. The zero-order chi connectivity index (χ0) is 21.7. The average Bonchev–Trinajstić information content (AvgIpc) is 3.29. The highest BCUT2D eigenvalue weighted by Crippen LogP contribution is 2.40. The maximum Gasteiger partial charge on any atom is 0.345 e. The van der Waals surface area contributed by atoms with E-state index in [0.717, 1.165) is 16.7 Å². The fourth-order valence-corrected chi connectivity index (χ4v) is 4.26. The van der Waals surface area contributed by atoms with Crippen LogP contribution < -0.4 is 0 Å². The molecule has 3 aromatic carbocycles. The molecule has 0 aliphatic heterocycles. The lowest BCUT2D eigenvalue weighted by Crippen LogP contribution is -2.36. The molecule has 4 nitrogen and oxygen atoms in total. The first-order valence-corrected chi connectivity index (χ1v) is 10.6. The summed E-state index contributed by atoms with van der Waals surface area (Å²) < 4.78 is 7.18. The van der Waals surface area contributed by atoms with E-state index in [1.54, 1.807) is 12.4 Å². The smallest absolute Gasteiger partial charge is 0.345 e. The van der Waals surface area contributed by atoms with Gasteiger partial charge in [-0.15, -0.1) is 0 Å². The van der Waals surface area contributed by atoms with Gasteiger partial charge in [0.25, 0.3) is 0 Å². The van der Waals surface area contributed by atoms with Gasteiger partial charge in [-0.05, 0) is 38.7 Å². The lowest BCUT2D eigenvalue weighted by molar-refractivity contribution is -0.135. The van der Waals surface area contributed by atoms with Crippen molar-refractivity contribution in [1.82, 2.24) is 9.55 Å². The zero-order valence-electron chi connectivity index (χ0n) is 17.0. The van der Waals surface area contributed by atoms with E-state index in [1.165, 1.54) is 7.11 Å². The summed E-state index contributed by atoms with van der Waals surface area (Å²) in [5, 5.41) is 0. The van der Waals surface area contributed by atoms with Crippen LogP contribution in [0.2, 0.25) is 0 Å². The molecule has 4 aromatic rings. The van der Waals surface area contributed by atoms with Crippen molar-refractivity contribution in [3.8, 4) is 0 Å². The van der Waals surface area contributed by atoms with E-state index in [2.05, 4.69) is 61.9 Å². The number of nitrogens with zero attached hydrogens (tertiary/aromatic N) is 2. The zero-order valence-corrected chi connectivity index (χ0v) is 18.6. The van der Waals surface area contributed by atoms with Gasteiger partial charge in [0.05, 0.1) is 19.1 Å². The van der Waals surface area contributed by atoms with Gasteiger partial charge >= 0.3 is 5.97 Å². The molecule has 0 aliphatic rings. The number of rotatable bonds is 6. The van der Waals surface area contributed by atoms with Crippen LogP contribution in [0.1, 0.15) is 22.4 Å². The standard InChI is InChI=1S/C26H21BrN2O2/c1-31-25(30)24(27)17-23-18-29(19-28-23)26(20-11-5-2-6-12-20,21-13-7-3-8-14-21)22-15-9-4-10-16-22/h2-19H,1H3/b24-17-. The van der Waals surface area contributed by atoms with Crippen molar-refractivity contribution in [3.63, 3.8) is 0 Å². The quantitative estimate of drug-likeness (QED) is 0.207. The molecule has 0 atom stereocenters. The van der Waals surface area contributed by atoms with E-state index in [1.807, 2.05) is 60.8 Å². The third-order valence-electron chi connectivity index (χ3n) is 5.22. The highest BCUT2D eigenvalue weighted by atomic mass is 79.9. The van der Waals surface area contributed by atoms with Gasteiger partial charge in [0.1, 0.15) is 10.0 Å². The lowest BCUT2D eigenvalue weighted by Gasteiger charge is -2.37. The second-order valence-electron chi connectivity index (χ2n) is 7.00. The number of methoxy groups -OCH3 is 1. The van der Waals surface area contributed by atoms with Gasteiger partial charge in [0.2, 0.25) is 0 Å². The second kappa shape index (κ2) is 9.14. The average molecular weight is 473 g/mol. The summed E-state index contributed by atoms with van der Waals surface area (Å²) in [7, 11) is 1.35. The number of carbonyl (C=O) groups is 1. The largest absolute Gasteiger partial charge is 0.465 e. The summed E-state index contributed by atoms with van der Waals surface area (Å²) in [6, 6.07) is 31.0. The molecule has 0 N–H and O–H groups in total. The van der Waals surface area contributed by atoms with Crippen molar-refractivity contribution >= 4 is 28.0 Å². The normalized spacial score (nSPS) is 11.9. The van der Waals surface area contributed by atoms with Crippen LogP contribution in [0.4, 0.5) is 0 Å². The SMILES string of the molecule is COC(=O)/C(Br)=C/c1cn(C(c2ccccc2)(c2ccccc2)c2ccccc2)cn1. The van der Waals surface area contributed by atoms with Crippen LogP contribution >= 0.6 is 15.9 Å². The molecule has 0 fully saturated rings. The topological polar surface area (TPSA) is 44.1 Å². The van der Waals surface area contributed by atoms with E-state index in [4.69, 9.17) is 4.74 Å². The van der Waals surface area contributed by atoms with Gasteiger partial charge in [-0.25, -0.2) is 9.78 Å². The van der Waals surface area contributed by atoms with Gasteiger partial charge in [0, 0.05) is 6.20 Å². The van der Waals surface area contributed by atoms with Crippen molar-refractivity contribution in [1.29, 1.82) is 0 Å². The van der Waals surface area contributed by atoms with Crippen LogP contribution in [0.25, 0.3) is 6.08 Å². The van der Waals surface area contributed by atoms with Crippen molar-refractivity contribution in [2.45, 2.75) is 5.54 Å². The molecule has 0 spiro atoms. The van der Waals surface area contributed by atoms with Gasteiger partial charge in [-0.3, -0.25) is 0 Å². The molecule has 0 saturated heterocycles. The Balaban J connectivity index is 1.99. The molecular weight excluding hydrogens is 452 g/mol. The molecule has 31 heavy (non-hydrogen) atoms. The summed E-state index contributed by atoms with van der Waals surface area (Å²) in [5.41, 5.74) is 3.32. The van der Waals surface area contributed by atoms with Crippen LogP contribution in [0.3, 0.4) is 0 Å². The Hall–Kier alpha value is -3.44. The van der Waals surface area contributed by atoms with Gasteiger partial charge in [0.15, 0.2) is 0 Å². The number of hydrogen-bond acceptors (Lipinski definition) is 3. The monoisotopic (exact) mass is 472 g/mol. The first-order chi connectivity index (χ1) is 15.2. The fraction of sp³-hybridized carbons (Fsp3) is 0.0769. The molecule has 1 heterocycles. The summed E-state index contributed by atoms with van der Waals surface area (Å²) in [6.07, 6.45) is 5.40. The third kappa shape index (κ3) is 3.97. The molecule has 1 aromatic heterocycles. The number of imidazole rings is 1. The highest BCUT2D eigenvalue weighted by molar-refractivity contribution is 9.12. The van der Waals surface area contributed by atoms with Crippen LogP contribution in [-0.4, -0.2) is 22.6 Å². The summed E-state index contributed by atoms with van der Waals surface area (Å²) in [6.45, 7) is 0. The van der Waals surface area contributed by atoms with E-state index in [0.29, 0.717) is 10.2 Å². The Labute approximate surface area is 190 Å². The maximum absolute atomic E-state index is 11.8. The molecular formula is C26H21BrN2O2. The Bertz CT molecular complexity index is 1090. The van der Waals surface area contributed by atoms with Crippen molar-refractivity contribution in [2.24, 2.45) is 0 Å². The third-order valence-corrected chi connectivity index (χ3v) is 5.77. The van der Waals surface area contributed by atoms with Crippen LogP contribution in [0.15, 0.2) is 108 Å². The summed E-state index contributed by atoms with van der Waals surface area (Å²) in [5.74, 6) is -0.449. The van der Waals surface area contributed by atoms with Crippen molar-refractivity contribution in [3.05, 3.63) is 130 Å². The number of carbonyl (C=O) groups excluding carboxylic acids is 1. The molecule has 0 aliphatic carbocycles. The molecule has 0 radical (unpaired) electrons. The van der Waals surface area contributed by atoms with Crippen molar-refractivity contribution < 1.29 is 9.53 Å². The lowest BCUT2D eigenvalue weighted by atomic mass is 9.77. The summed E-state index contributed by atoms with van der Waals surface area (Å²) in [4.78, 5) is 16.4. The Morgan fingerprint density at radius 3 is 1.74 bits per heavy atom. The van der Waals surface area contributed by atoms with Gasteiger partial charge in [-0.1, -0.05) is 91.0 Å². The van der Waals surface area contributed by atoms with E-state index in [-0.39, 0.29) is 0 Å². The molecule has 4 rings (SSSR count). The first kappa shape index (κ1) is 20.8. The number of ether oxygens (including phenoxy) is 1. The predicted octanol–water partition coefficient (Wildman–Crippen LogP) is 5.63. The van der Waals surface area contributed by atoms with Crippen LogP contribution in [0.5, 0.6) is 0 Å². The predicted molar refractivity (Wildman–Crippen MR) is 126 cm³/mol. The van der Waals surface area contributed by atoms with E-state index < -0.39 is 11.5 Å². The van der Waals surface area contributed by atoms with Crippen LogP contribution in [0, 0.1) is 0 Å². The van der Waals surface area contributed by atoms with E-state index in [9.17, 15) is 4.79 Å².